The molecule has 2 aromatic carbocycles. The van der Waals surface area contributed by atoms with E-state index in [-0.39, 0.29) is 6.42 Å². The Balaban J connectivity index is 1.48. The third-order valence-electron chi connectivity index (χ3n) is 5.82. The van der Waals surface area contributed by atoms with E-state index in [0.29, 0.717) is 16.9 Å². The van der Waals surface area contributed by atoms with E-state index in [4.69, 9.17) is 9.15 Å². The highest BCUT2D eigenvalue weighted by molar-refractivity contribution is 5.88. The lowest BCUT2D eigenvalue weighted by Crippen LogP contribution is -2.47. The second-order valence-electron chi connectivity index (χ2n) is 8.02. The zero-order chi connectivity index (χ0) is 23.7. The highest BCUT2D eigenvalue weighted by Crippen LogP contribution is 2.25. The summed E-state index contributed by atoms with van der Waals surface area (Å²) >= 11 is 0. The van der Waals surface area contributed by atoms with E-state index < -0.39 is 29.6 Å². The predicted octanol–water partition coefficient (Wildman–Crippen LogP) is 3.47. The van der Waals surface area contributed by atoms with Crippen LogP contribution in [0.1, 0.15) is 23.6 Å². The number of aromatic amines is 1. The van der Waals surface area contributed by atoms with Crippen molar-refractivity contribution in [2.24, 2.45) is 0 Å². The number of fused-ring (bicyclic) bond motifs is 2. The third kappa shape index (κ3) is 4.45. The Kier molecular flexibility index (Phi) is 5.91. The van der Waals surface area contributed by atoms with Gasteiger partial charge in [-0.3, -0.25) is 4.79 Å². The maximum atomic E-state index is 12.7. The molecule has 0 aliphatic rings. The molecule has 2 atom stereocenters. The number of para-hydroxylation sites is 1. The number of rotatable bonds is 7. The van der Waals surface area contributed by atoms with Crippen molar-refractivity contribution in [2.45, 2.75) is 39.3 Å². The van der Waals surface area contributed by atoms with Crippen molar-refractivity contribution in [3.05, 3.63) is 75.8 Å². The first-order valence-corrected chi connectivity index (χ1v) is 10.5. The molecule has 0 aliphatic carbocycles. The molecule has 3 N–H and O–H groups in total. The lowest BCUT2D eigenvalue weighted by atomic mass is 10.0. The highest BCUT2D eigenvalue weighted by Gasteiger charge is 2.25. The van der Waals surface area contributed by atoms with Crippen LogP contribution >= 0.6 is 0 Å². The molecular formula is C25H24N2O6. The number of H-pyrrole nitrogens is 1. The van der Waals surface area contributed by atoms with Gasteiger partial charge in [-0.25, -0.2) is 9.59 Å². The van der Waals surface area contributed by atoms with Crippen LogP contribution in [0.15, 0.2) is 57.9 Å². The molecule has 4 rings (SSSR count). The summed E-state index contributed by atoms with van der Waals surface area (Å²) in [4.78, 5) is 39.6. The number of aromatic nitrogens is 1. The molecule has 1 amide bonds. The molecule has 4 aromatic rings. The summed E-state index contributed by atoms with van der Waals surface area (Å²) in [5, 5.41) is 13.9. The highest BCUT2D eigenvalue weighted by atomic mass is 16.5. The molecule has 0 spiro atoms. The Labute approximate surface area is 189 Å². The molecule has 0 saturated heterocycles. The van der Waals surface area contributed by atoms with Crippen LogP contribution in [0.25, 0.3) is 21.9 Å². The summed E-state index contributed by atoms with van der Waals surface area (Å²) in [5.74, 6) is -1.37. The second kappa shape index (κ2) is 8.82. The van der Waals surface area contributed by atoms with Gasteiger partial charge in [0.2, 0.25) is 0 Å². The fraction of sp³-hybridized carbons (Fsp3) is 0.240. The summed E-state index contributed by atoms with van der Waals surface area (Å²) in [6.45, 7) is 5.07. The van der Waals surface area contributed by atoms with E-state index in [2.05, 4.69) is 10.3 Å². The number of benzene rings is 2. The minimum Gasteiger partial charge on any atom is -0.481 e. The van der Waals surface area contributed by atoms with Crippen molar-refractivity contribution in [2.75, 3.05) is 0 Å². The molecule has 0 bridgehead atoms. The quantitative estimate of drug-likeness (QED) is 0.372. The van der Waals surface area contributed by atoms with E-state index in [1.165, 1.54) is 6.92 Å². The van der Waals surface area contributed by atoms with Crippen molar-refractivity contribution in [3.8, 4) is 5.75 Å². The van der Waals surface area contributed by atoms with Gasteiger partial charge in [-0.05, 0) is 50.1 Å². The molecule has 0 fully saturated rings. The van der Waals surface area contributed by atoms with Crippen LogP contribution in [-0.4, -0.2) is 34.1 Å². The van der Waals surface area contributed by atoms with Gasteiger partial charge in [-0.1, -0.05) is 18.2 Å². The maximum Gasteiger partial charge on any atom is 0.339 e. The van der Waals surface area contributed by atoms with Gasteiger partial charge in [0, 0.05) is 40.5 Å². The average Bonchev–Trinajstić information content (AvgIpc) is 3.19. The van der Waals surface area contributed by atoms with Crippen molar-refractivity contribution in [3.63, 3.8) is 0 Å². The number of hydrogen-bond donors (Lipinski definition) is 3. The van der Waals surface area contributed by atoms with Gasteiger partial charge in [0.15, 0.2) is 6.10 Å². The van der Waals surface area contributed by atoms with Crippen molar-refractivity contribution in [1.29, 1.82) is 0 Å². The van der Waals surface area contributed by atoms with E-state index in [1.807, 2.05) is 31.2 Å². The van der Waals surface area contributed by atoms with Gasteiger partial charge in [0.05, 0.1) is 0 Å². The number of ether oxygens (including phenoxy) is 1. The summed E-state index contributed by atoms with van der Waals surface area (Å²) < 4.78 is 11.0. The van der Waals surface area contributed by atoms with E-state index in [1.54, 1.807) is 31.3 Å². The fourth-order valence-electron chi connectivity index (χ4n) is 3.77. The largest absolute Gasteiger partial charge is 0.481 e. The Morgan fingerprint density at radius 2 is 1.88 bits per heavy atom. The van der Waals surface area contributed by atoms with E-state index in [9.17, 15) is 19.5 Å². The lowest BCUT2D eigenvalue weighted by molar-refractivity contribution is -0.142. The summed E-state index contributed by atoms with van der Waals surface area (Å²) in [6, 6.07) is 11.4. The van der Waals surface area contributed by atoms with Gasteiger partial charge < -0.3 is 24.6 Å². The van der Waals surface area contributed by atoms with Gasteiger partial charge in [0.1, 0.15) is 17.4 Å². The summed E-state index contributed by atoms with van der Waals surface area (Å²) in [7, 11) is 0. The Morgan fingerprint density at radius 3 is 2.64 bits per heavy atom. The van der Waals surface area contributed by atoms with Crippen molar-refractivity contribution < 1.29 is 23.8 Å². The van der Waals surface area contributed by atoms with Crippen LogP contribution in [0.4, 0.5) is 0 Å². The van der Waals surface area contributed by atoms with E-state index >= 15 is 0 Å². The zero-order valence-electron chi connectivity index (χ0n) is 18.5. The fourth-order valence-corrected chi connectivity index (χ4v) is 3.77. The van der Waals surface area contributed by atoms with Crippen LogP contribution < -0.4 is 15.7 Å². The van der Waals surface area contributed by atoms with Crippen LogP contribution in [0.3, 0.4) is 0 Å². The number of carbonyl (C=O) groups is 2. The molecular weight excluding hydrogens is 424 g/mol. The molecule has 33 heavy (non-hydrogen) atoms. The van der Waals surface area contributed by atoms with Gasteiger partial charge in [-0.15, -0.1) is 0 Å². The minimum absolute atomic E-state index is 0.123. The molecule has 170 valence electrons. The number of amides is 1. The summed E-state index contributed by atoms with van der Waals surface area (Å²) in [6.07, 6.45) is 0.905. The molecule has 0 saturated carbocycles. The first-order valence-electron chi connectivity index (χ1n) is 10.5. The van der Waals surface area contributed by atoms with Crippen molar-refractivity contribution in [1.82, 2.24) is 10.3 Å². The first-order chi connectivity index (χ1) is 15.7. The maximum absolute atomic E-state index is 12.7. The minimum atomic E-state index is -1.14. The Hall–Kier alpha value is -4.07. The van der Waals surface area contributed by atoms with Crippen LogP contribution in [-0.2, 0) is 16.0 Å². The molecule has 0 aliphatic heterocycles. The normalized spacial score (nSPS) is 13.1. The van der Waals surface area contributed by atoms with Crippen LogP contribution in [0.2, 0.25) is 0 Å². The summed E-state index contributed by atoms with van der Waals surface area (Å²) in [5.41, 5.74) is 2.98. The zero-order valence-corrected chi connectivity index (χ0v) is 18.5. The van der Waals surface area contributed by atoms with Gasteiger partial charge in [-0.2, -0.15) is 0 Å². The second-order valence-corrected chi connectivity index (χ2v) is 8.02. The lowest BCUT2D eigenvalue weighted by Gasteiger charge is -2.19. The van der Waals surface area contributed by atoms with Crippen LogP contribution in [0, 0.1) is 13.8 Å². The number of hydrogen-bond acceptors (Lipinski definition) is 5. The monoisotopic (exact) mass is 448 g/mol. The SMILES string of the molecule is Cc1c(C)c2ccc(OC(C)C(=O)N[C@@H](Cc3c[nH]c4ccccc34)C(=O)O)cc2oc1=O. The number of nitrogens with one attached hydrogen (secondary N) is 2. The molecule has 8 heteroatoms. The average molecular weight is 448 g/mol. The predicted molar refractivity (Wildman–Crippen MR) is 124 cm³/mol. The molecule has 0 radical (unpaired) electrons. The van der Waals surface area contributed by atoms with Crippen molar-refractivity contribution >= 4 is 33.7 Å². The van der Waals surface area contributed by atoms with E-state index in [0.717, 1.165) is 27.4 Å². The number of aryl methyl sites for hydroxylation is 1. The number of aliphatic carboxylic acids is 1. The Bertz CT molecular complexity index is 1420. The molecule has 1 unspecified atom stereocenters. The standard InChI is InChI=1S/C25H24N2O6/c1-13-14(2)25(31)33-22-11-17(8-9-18(13)22)32-15(3)23(28)27-21(24(29)30)10-16-12-26-20-7-5-4-6-19(16)20/h4-9,11-12,15,21,26H,10H2,1-3H3,(H,27,28)(H,29,30)/t15?,21-/m0/s1. The third-order valence-corrected chi connectivity index (χ3v) is 5.82. The first kappa shape index (κ1) is 22.1. The molecule has 8 nitrogen and oxygen atoms in total. The number of carbonyl (C=O) groups excluding carboxylic acids is 1. The van der Waals surface area contributed by atoms with Gasteiger partial charge in [0.25, 0.3) is 5.91 Å². The Morgan fingerprint density at radius 1 is 1.12 bits per heavy atom. The van der Waals surface area contributed by atoms with Gasteiger partial charge >= 0.3 is 11.6 Å². The smallest absolute Gasteiger partial charge is 0.339 e. The topological polar surface area (TPSA) is 122 Å². The number of carboxylic acid groups (broad SMARTS) is 1. The molecule has 2 aromatic heterocycles. The number of carboxylic acids is 1. The molecule has 2 heterocycles. The van der Waals surface area contributed by atoms with Crippen LogP contribution in [0.5, 0.6) is 5.75 Å².